The van der Waals surface area contributed by atoms with Crippen LogP contribution in [0.5, 0.6) is 5.75 Å². The standard InChI is InChI=1S/C23H24N2O3/c1-16-8-9-18(14-20(16)26)24-22(27)23(2)12-13-25(23)15-19-10-11-21(28-19)17-6-4-3-5-7-17/h3-11,14,26H,12-13,15H2,1-2H3,(H,24,27). The molecule has 2 aromatic carbocycles. The van der Waals surface area contributed by atoms with Crippen molar-refractivity contribution in [2.75, 3.05) is 11.9 Å². The Morgan fingerprint density at radius 1 is 1.18 bits per heavy atom. The molecular weight excluding hydrogens is 352 g/mol. The number of anilines is 1. The minimum atomic E-state index is -0.597. The molecule has 0 saturated carbocycles. The van der Waals surface area contributed by atoms with Crippen LogP contribution in [0.1, 0.15) is 24.7 Å². The van der Waals surface area contributed by atoms with Crippen molar-refractivity contribution in [1.29, 1.82) is 0 Å². The Morgan fingerprint density at radius 3 is 2.64 bits per heavy atom. The van der Waals surface area contributed by atoms with Gasteiger partial charge in [-0.25, -0.2) is 0 Å². The lowest BCUT2D eigenvalue weighted by Gasteiger charge is -2.48. The van der Waals surface area contributed by atoms with Gasteiger partial charge in [-0.2, -0.15) is 0 Å². The smallest absolute Gasteiger partial charge is 0.244 e. The normalized spacial score (nSPS) is 19.2. The summed E-state index contributed by atoms with van der Waals surface area (Å²) in [5.41, 5.74) is 1.82. The zero-order valence-corrected chi connectivity index (χ0v) is 16.1. The Hall–Kier alpha value is -3.05. The maximum atomic E-state index is 12.9. The van der Waals surface area contributed by atoms with Gasteiger partial charge in [0.05, 0.1) is 12.1 Å². The molecule has 0 radical (unpaired) electrons. The van der Waals surface area contributed by atoms with Crippen molar-refractivity contribution in [3.8, 4) is 17.1 Å². The summed E-state index contributed by atoms with van der Waals surface area (Å²) in [5, 5.41) is 12.8. The Balaban J connectivity index is 1.44. The number of rotatable bonds is 5. The van der Waals surface area contributed by atoms with E-state index in [2.05, 4.69) is 10.2 Å². The van der Waals surface area contributed by atoms with Crippen molar-refractivity contribution < 1.29 is 14.3 Å². The summed E-state index contributed by atoms with van der Waals surface area (Å²) in [4.78, 5) is 15.0. The molecule has 1 unspecified atom stereocenters. The number of nitrogens with one attached hydrogen (secondary N) is 1. The molecule has 1 amide bonds. The minimum absolute atomic E-state index is 0.0724. The monoisotopic (exact) mass is 376 g/mol. The van der Waals surface area contributed by atoms with Crippen LogP contribution < -0.4 is 5.32 Å². The summed E-state index contributed by atoms with van der Waals surface area (Å²) < 4.78 is 5.99. The lowest BCUT2D eigenvalue weighted by Crippen LogP contribution is -2.63. The molecule has 28 heavy (non-hydrogen) atoms. The van der Waals surface area contributed by atoms with Gasteiger partial charge in [-0.3, -0.25) is 9.69 Å². The highest BCUT2D eigenvalue weighted by atomic mass is 16.3. The van der Waals surface area contributed by atoms with E-state index in [4.69, 9.17) is 4.42 Å². The Labute approximate surface area is 164 Å². The molecule has 1 atom stereocenters. The van der Waals surface area contributed by atoms with E-state index in [0.717, 1.165) is 35.6 Å². The Bertz CT molecular complexity index is 996. The van der Waals surface area contributed by atoms with Gasteiger partial charge in [-0.15, -0.1) is 0 Å². The summed E-state index contributed by atoms with van der Waals surface area (Å²) in [5.74, 6) is 1.78. The maximum absolute atomic E-state index is 12.9. The van der Waals surface area contributed by atoms with Crippen LogP contribution in [-0.4, -0.2) is 28.0 Å². The lowest BCUT2D eigenvalue weighted by atomic mass is 9.85. The summed E-state index contributed by atoms with van der Waals surface area (Å²) in [6.45, 7) is 5.18. The van der Waals surface area contributed by atoms with Crippen LogP contribution in [0.3, 0.4) is 0 Å². The number of phenolic OH excluding ortho intramolecular Hbond substituents is 1. The zero-order valence-electron chi connectivity index (χ0n) is 16.1. The quantitative estimate of drug-likeness (QED) is 0.685. The number of phenols is 1. The average Bonchev–Trinajstić information content (AvgIpc) is 3.17. The van der Waals surface area contributed by atoms with Gasteiger partial charge in [0.25, 0.3) is 0 Å². The second kappa shape index (κ2) is 7.17. The molecule has 2 heterocycles. The number of furan rings is 1. The van der Waals surface area contributed by atoms with Gasteiger partial charge < -0.3 is 14.8 Å². The molecule has 5 heteroatoms. The predicted molar refractivity (Wildman–Crippen MR) is 109 cm³/mol. The number of carbonyl (C=O) groups excluding carboxylic acids is 1. The van der Waals surface area contributed by atoms with Crippen LogP contribution in [-0.2, 0) is 11.3 Å². The van der Waals surface area contributed by atoms with Gasteiger partial charge in [-0.05, 0) is 44.0 Å². The molecule has 1 aliphatic heterocycles. The number of carbonyl (C=O) groups is 1. The molecule has 0 spiro atoms. The lowest BCUT2D eigenvalue weighted by molar-refractivity contribution is -0.136. The highest BCUT2D eigenvalue weighted by Crippen LogP contribution is 2.34. The number of aromatic hydroxyl groups is 1. The molecule has 5 nitrogen and oxygen atoms in total. The molecule has 4 rings (SSSR count). The van der Waals surface area contributed by atoms with Crippen molar-refractivity contribution in [2.24, 2.45) is 0 Å². The molecule has 1 aliphatic rings. The van der Waals surface area contributed by atoms with Gasteiger partial charge in [0.2, 0.25) is 5.91 Å². The molecule has 1 fully saturated rings. The second-order valence-electron chi connectivity index (χ2n) is 7.53. The van der Waals surface area contributed by atoms with Crippen LogP contribution in [0, 0.1) is 6.92 Å². The predicted octanol–water partition coefficient (Wildman–Crippen LogP) is 4.56. The minimum Gasteiger partial charge on any atom is -0.508 e. The summed E-state index contributed by atoms with van der Waals surface area (Å²) in [7, 11) is 0. The zero-order chi connectivity index (χ0) is 19.7. The van der Waals surface area contributed by atoms with Crippen molar-refractivity contribution in [1.82, 2.24) is 4.90 Å². The van der Waals surface area contributed by atoms with E-state index in [-0.39, 0.29) is 11.7 Å². The molecule has 144 valence electrons. The maximum Gasteiger partial charge on any atom is 0.244 e. The van der Waals surface area contributed by atoms with Crippen LogP contribution in [0.2, 0.25) is 0 Å². The van der Waals surface area contributed by atoms with Gasteiger partial charge in [0.15, 0.2) is 0 Å². The van der Waals surface area contributed by atoms with Crippen LogP contribution in [0.25, 0.3) is 11.3 Å². The summed E-state index contributed by atoms with van der Waals surface area (Å²) >= 11 is 0. The van der Waals surface area contributed by atoms with Gasteiger partial charge in [0.1, 0.15) is 17.3 Å². The molecule has 1 saturated heterocycles. The topological polar surface area (TPSA) is 65.7 Å². The number of benzene rings is 2. The van der Waals surface area contributed by atoms with E-state index in [1.165, 1.54) is 0 Å². The van der Waals surface area contributed by atoms with Crippen molar-refractivity contribution in [2.45, 2.75) is 32.4 Å². The van der Waals surface area contributed by atoms with E-state index in [9.17, 15) is 9.90 Å². The number of hydrogen-bond acceptors (Lipinski definition) is 4. The molecular formula is C23H24N2O3. The van der Waals surface area contributed by atoms with Gasteiger partial charge in [0, 0.05) is 23.9 Å². The Morgan fingerprint density at radius 2 is 1.96 bits per heavy atom. The summed E-state index contributed by atoms with van der Waals surface area (Å²) in [6, 6.07) is 19.1. The van der Waals surface area contributed by atoms with Crippen molar-refractivity contribution in [3.63, 3.8) is 0 Å². The van der Waals surface area contributed by atoms with Gasteiger partial charge >= 0.3 is 0 Å². The fourth-order valence-corrected chi connectivity index (χ4v) is 3.48. The fourth-order valence-electron chi connectivity index (χ4n) is 3.48. The van der Waals surface area contributed by atoms with E-state index in [0.29, 0.717) is 12.2 Å². The third kappa shape index (κ3) is 3.41. The van der Waals surface area contributed by atoms with E-state index >= 15 is 0 Å². The van der Waals surface area contributed by atoms with Crippen molar-refractivity contribution in [3.05, 3.63) is 72.0 Å². The largest absolute Gasteiger partial charge is 0.508 e. The van der Waals surface area contributed by atoms with Crippen LogP contribution >= 0.6 is 0 Å². The molecule has 1 aromatic heterocycles. The van der Waals surface area contributed by atoms with Gasteiger partial charge in [-0.1, -0.05) is 36.4 Å². The third-order valence-electron chi connectivity index (χ3n) is 5.59. The fraction of sp³-hybridized carbons (Fsp3) is 0.261. The molecule has 0 bridgehead atoms. The first-order valence-electron chi connectivity index (χ1n) is 9.46. The first-order valence-corrected chi connectivity index (χ1v) is 9.46. The van der Waals surface area contributed by atoms with E-state index in [1.807, 2.05) is 56.3 Å². The second-order valence-corrected chi connectivity index (χ2v) is 7.53. The summed E-state index contributed by atoms with van der Waals surface area (Å²) in [6.07, 6.45) is 0.781. The highest BCUT2D eigenvalue weighted by molar-refractivity contribution is 5.98. The number of nitrogens with zero attached hydrogens (tertiary/aromatic N) is 1. The van der Waals surface area contributed by atoms with Crippen LogP contribution in [0.4, 0.5) is 5.69 Å². The van der Waals surface area contributed by atoms with Crippen molar-refractivity contribution >= 4 is 11.6 Å². The number of hydrogen-bond donors (Lipinski definition) is 2. The number of aryl methyl sites for hydroxylation is 1. The highest BCUT2D eigenvalue weighted by Gasteiger charge is 2.47. The van der Waals surface area contributed by atoms with Crippen LogP contribution in [0.15, 0.2) is 65.1 Å². The third-order valence-corrected chi connectivity index (χ3v) is 5.59. The average molecular weight is 376 g/mol. The molecule has 0 aliphatic carbocycles. The SMILES string of the molecule is Cc1ccc(NC(=O)C2(C)CCN2Cc2ccc(-c3ccccc3)o2)cc1O. The first-order chi connectivity index (χ1) is 13.5. The first kappa shape index (κ1) is 18.3. The number of likely N-dealkylation sites (tertiary alicyclic amines) is 1. The molecule has 2 N–H and O–H groups in total. The van der Waals surface area contributed by atoms with E-state index < -0.39 is 5.54 Å². The molecule has 3 aromatic rings. The Kier molecular flexibility index (Phi) is 4.69. The van der Waals surface area contributed by atoms with E-state index in [1.54, 1.807) is 18.2 Å². The number of amides is 1.